The van der Waals surface area contributed by atoms with Crippen LogP contribution in [0.3, 0.4) is 0 Å². The number of fused-ring (bicyclic) bond motifs is 3. The van der Waals surface area contributed by atoms with Crippen molar-refractivity contribution in [1.82, 2.24) is 0 Å². The van der Waals surface area contributed by atoms with Gasteiger partial charge < -0.3 is 5.32 Å². The molecule has 110 valence electrons. The molecule has 2 aliphatic rings. The molecule has 0 fully saturated rings. The fraction of sp³-hybridized carbons (Fsp3) is 0.238. The van der Waals surface area contributed by atoms with Crippen LogP contribution >= 0.6 is 0 Å². The molecule has 1 heterocycles. The SMILES string of the molecule is CC(C)=C1C=CC2c3ccccc3NC(c3ccccc3)C12. The number of nitrogens with one attached hydrogen (secondary N) is 1. The molecular weight excluding hydrogens is 266 g/mol. The summed E-state index contributed by atoms with van der Waals surface area (Å²) in [6, 6.07) is 19.9. The summed E-state index contributed by atoms with van der Waals surface area (Å²) < 4.78 is 0. The van der Waals surface area contributed by atoms with Gasteiger partial charge >= 0.3 is 0 Å². The van der Waals surface area contributed by atoms with Crippen molar-refractivity contribution < 1.29 is 0 Å². The smallest absolute Gasteiger partial charge is 0.0591 e. The van der Waals surface area contributed by atoms with Crippen LogP contribution < -0.4 is 5.32 Å². The normalized spacial score (nSPS) is 25.4. The van der Waals surface area contributed by atoms with Crippen molar-refractivity contribution in [3.8, 4) is 0 Å². The van der Waals surface area contributed by atoms with Crippen LogP contribution in [0.5, 0.6) is 0 Å². The standard InChI is InChI=1S/C21H21N/c1-14(2)16-12-13-18-17-10-6-7-11-19(17)22-21(20(16)18)15-8-4-3-5-9-15/h3-13,18,20-22H,1-2H3. The van der Waals surface area contributed by atoms with Crippen LogP contribution in [-0.4, -0.2) is 0 Å². The molecule has 0 amide bonds. The highest BCUT2D eigenvalue weighted by molar-refractivity contribution is 5.62. The van der Waals surface area contributed by atoms with E-state index in [-0.39, 0.29) is 0 Å². The maximum Gasteiger partial charge on any atom is 0.0591 e. The van der Waals surface area contributed by atoms with Crippen LogP contribution in [0.15, 0.2) is 77.9 Å². The maximum absolute atomic E-state index is 3.80. The van der Waals surface area contributed by atoms with Crippen LogP contribution in [0.25, 0.3) is 0 Å². The monoisotopic (exact) mass is 287 g/mol. The van der Waals surface area contributed by atoms with E-state index >= 15 is 0 Å². The second-order valence-electron chi connectivity index (χ2n) is 6.49. The fourth-order valence-electron chi connectivity index (χ4n) is 3.94. The maximum atomic E-state index is 3.80. The number of hydrogen-bond donors (Lipinski definition) is 1. The van der Waals surface area contributed by atoms with Gasteiger partial charge in [0.15, 0.2) is 0 Å². The number of hydrogen-bond acceptors (Lipinski definition) is 1. The molecule has 0 aromatic heterocycles. The van der Waals surface area contributed by atoms with Gasteiger partial charge in [0.2, 0.25) is 0 Å². The van der Waals surface area contributed by atoms with Crippen molar-refractivity contribution >= 4 is 5.69 Å². The molecule has 0 spiro atoms. The third-order valence-electron chi connectivity index (χ3n) is 4.96. The lowest BCUT2D eigenvalue weighted by Gasteiger charge is -2.38. The zero-order valence-electron chi connectivity index (χ0n) is 13.1. The first kappa shape index (κ1) is 13.4. The van der Waals surface area contributed by atoms with Gasteiger partial charge in [0.25, 0.3) is 0 Å². The Kier molecular flexibility index (Phi) is 3.15. The topological polar surface area (TPSA) is 12.0 Å². The number of para-hydroxylation sites is 1. The van der Waals surface area contributed by atoms with E-state index in [1.54, 1.807) is 0 Å². The quantitative estimate of drug-likeness (QED) is 0.734. The van der Waals surface area contributed by atoms with Crippen molar-refractivity contribution in [3.05, 3.63) is 89.0 Å². The third-order valence-corrected chi connectivity index (χ3v) is 4.96. The second kappa shape index (κ2) is 5.17. The van der Waals surface area contributed by atoms with Gasteiger partial charge in [-0.2, -0.15) is 0 Å². The number of benzene rings is 2. The van der Waals surface area contributed by atoms with E-state index in [1.807, 2.05) is 0 Å². The van der Waals surface area contributed by atoms with Gasteiger partial charge in [-0.1, -0.05) is 66.3 Å². The summed E-state index contributed by atoms with van der Waals surface area (Å²) in [4.78, 5) is 0. The van der Waals surface area contributed by atoms with Crippen molar-refractivity contribution in [1.29, 1.82) is 0 Å². The third kappa shape index (κ3) is 2.00. The molecule has 0 bridgehead atoms. The Hall–Kier alpha value is -2.28. The lowest BCUT2D eigenvalue weighted by Crippen LogP contribution is -2.30. The van der Waals surface area contributed by atoms with E-state index in [9.17, 15) is 0 Å². The lowest BCUT2D eigenvalue weighted by atomic mass is 9.74. The number of rotatable bonds is 1. The molecule has 0 saturated heterocycles. The second-order valence-corrected chi connectivity index (χ2v) is 6.49. The Bertz CT molecular complexity index is 750. The Balaban J connectivity index is 1.88. The summed E-state index contributed by atoms with van der Waals surface area (Å²) in [6.45, 7) is 4.45. The Morgan fingerprint density at radius 3 is 2.41 bits per heavy atom. The van der Waals surface area contributed by atoms with Crippen molar-refractivity contribution in [3.63, 3.8) is 0 Å². The predicted molar refractivity (Wildman–Crippen MR) is 93.0 cm³/mol. The van der Waals surface area contributed by atoms with E-state index < -0.39 is 0 Å². The first-order chi connectivity index (χ1) is 10.8. The average molecular weight is 287 g/mol. The van der Waals surface area contributed by atoms with Crippen LogP contribution in [0.4, 0.5) is 5.69 Å². The summed E-state index contributed by atoms with van der Waals surface area (Å²) in [6.07, 6.45) is 4.73. The molecule has 1 heteroatoms. The molecule has 4 rings (SSSR count). The lowest BCUT2D eigenvalue weighted by molar-refractivity contribution is 0.482. The first-order valence-corrected chi connectivity index (χ1v) is 8.01. The highest BCUT2D eigenvalue weighted by Crippen LogP contribution is 2.52. The molecule has 3 unspecified atom stereocenters. The molecule has 2 aromatic carbocycles. The zero-order valence-corrected chi connectivity index (χ0v) is 13.1. The highest BCUT2D eigenvalue weighted by Gasteiger charge is 2.40. The number of allylic oxidation sites excluding steroid dienone is 3. The fourth-order valence-corrected chi connectivity index (χ4v) is 3.94. The van der Waals surface area contributed by atoms with E-state index in [0.29, 0.717) is 17.9 Å². The molecule has 3 atom stereocenters. The largest absolute Gasteiger partial charge is 0.377 e. The molecular formula is C21H21N. The molecule has 0 saturated carbocycles. The Morgan fingerprint density at radius 2 is 1.64 bits per heavy atom. The van der Waals surface area contributed by atoms with Gasteiger partial charge in [-0.15, -0.1) is 0 Å². The Morgan fingerprint density at radius 1 is 0.909 bits per heavy atom. The van der Waals surface area contributed by atoms with E-state index in [2.05, 4.69) is 85.9 Å². The van der Waals surface area contributed by atoms with Crippen LogP contribution in [0.1, 0.15) is 36.9 Å². The minimum absolute atomic E-state index is 0.334. The summed E-state index contributed by atoms with van der Waals surface area (Å²) >= 11 is 0. The van der Waals surface area contributed by atoms with Gasteiger partial charge in [0.05, 0.1) is 6.04 Å². The summed E-state index contributed by atoms with van der Waals surface area (Å²) in [7, 11) is 0. The highest BCUT2D eigenvalue weighted by atomic mass is 15.0. The van der Waals surface area contributed by atoms with Crippen LogP contribution in [-0.2, 0) is 0 Å². The van der Waals surface area contributed by atoms with Gasteiger partial charge in [-0.05, 0) is 36.6 Å². The van der Waals surface area contributed by atoms with E-state index in [0.717, 1.165) is 0 Å². The molecule has 1 nitrogen and oxygen atoms in total. The summed E-state index contributed by atoms with van der Waals surface area (Å²) in [5.74, 6) is 0.967. The van der Waals surface area contributed by atoms with Crippen molar-refractivity contribution in [2.24, 2.45) is 5.92 Å². The van der Waals surface area contributed by atoms with Crippen LogP contribution in [0, 0.1) is 5.92 Å². The molecule has 1 aliphatic carbocycles. The molecule has 22 heavy (non-hydrogen) atoms. The van der Waals surface area contributed by atoms with Gasteiger partial charge in [-0.3, -0.25) is 0 Å². The molecule has 2 aromatic rings. The van der Waals surface area contributed by atoms with Gasteiger partial charge in [0.1, 0.15) is 0 Å². The molecule has 1 N–H and O–H groups in total. The summed E-state index contributed by atoms with van der Waals surface area (Å²) in [5.41, 5.74) is 6.98. The Labute approximate surface area is 132 Å². The van der Waals surface area contributed by atoms with E-state index in [4.69, 9.17) is 0 Å². The molecule has 0 radical (unpaired) electrons. The molecule has 1 aliphatic heterocycles. The van der Waals surface area contributed by atoms with Crippen LogP contribution in [0.2, 0.25) is 0 Å². The van der Waals surface area contributed by atoms with Crippen molar-refractivity contribution in [2.75, 3.05) is 5.32 Å². The van der Waals surface area contributed by atoms with Gasteiger partial charge in [0, 0.05) is 17.5 Å². The zero-order chi connectivity index (χ0) is 15.1. The summed E-state index contributed by atoms with van der Waals surface area (Å²) in [5, 5.41) is 3.80. The minimum atomic E-state index is 0.334. The van der Waals surface area contributed by atoms with E-state index in [1.165, 1.54) is 28.0 Å². The average Bonchev–Trinajstić information content (AvgIpc) is 3.00. The predicted octanol–water partition coefficient (Wildman–Crippen LogP) is 5.46. The van der Waals surface area contributed by atoms with Gasteiger partial charge in [-0.25, -0.2) is 0 Å². The number of anilines is 1. The first-order valence-electron chi connectivity index (χ1n) is 8.01. The minimum Gasteiger partial charge on any atom is -0.377 e. The van der Waals surface area contributed by atoms with Crippen molar-refractivity contribution in [2.45, 2.75) is 25.8 Å².